The largest absolute Gasteiger partial charge is 0.274 e. The lowest BCUT2D eigenvalue weighted by molar-refractivity contribution is -0.124. The summed E-state index contributed by atoms with van der Waals surface area (Å²) in [6.07, 6.45) is 0. The number of hydrogen-bond donors (Lipinski definition) is 0. The third kappa shape index (κ3) is 1.83. The molecule has 3 aromatic rings. The Morgan fingerprint density at radius 1 is 0.700 bits per heavy atom. The fraction of sp³-hybridized carbons (Fsp3) is 0.231. The third-order valence-electron chi connectivity index (χ3n) is 7.71. The van der Waals surface area contributed by atoms with Crippen molar-refractivity contribution in [1.29, 1.82) is 0 Å². The van der Waals surface area contributed by atoms with Gasteiger partial charge in [0.05, 0.1) is 17.5 Å². The van der Waals surface area contributed by atoms with Crippen molar-refractivity contribution in [1.82, 2.24) is 0 Å². The average molecular weight is 414 g/mol. The van der Waals surface area contributed by atoms with Crippen LogP contribution in [0, 0.1) is 11.8 Å². The Morgan fingerprint density at radius 3 is 1.53 bits per heavy atom. The van der Waals surface area contributed by atoms with E-state index in [0.717, 1.165) is 22.3 Å². The molecule has 3 aliphatic carbocycles. The number of carbonyl (C=O) groups is 2. The maximum Gasteiger partial charge on any atom is 0.238 e. The molecular weight excluding hydrogens is 394 g/mol. The maximum absolute atomic E-state index is 13.9. The summed E-state index contributed by atoms with van der Waals surface area (Å²) in [5.74, 6) is -1.16. The smallest absolute Gasteiger partial charge is 0.238 e. The number of amides is 2. The summed E-state index contributed by atoms with van der Waals surface area (Å²) in [5, 5.41) is 0.509. The second-order valence-electron chi connectivity index (χ2n) is 8.94. The van der Waals surface area contributed by atoms with Gasteiger partial charge in [0.1, 0.15) is 0 Å². The minimum absolute atomic E-state index is 0.134. The van der Waals surface area contributed by atoms with Crippen LogP contribution in [0.4, 0.5) is 5.69 Å². The zero-order chi connectivity index (χ0) is 20.8. The Balaban J connectivity index is 1.67. The summed E-state index contributed by atoms with van der Waals surface area (Å²) >= 11 is 6.19. The molecule has 2 bridgehead atoms. The Bertz CT molecular complexity index is 1140. The van der Waals surface area contributed by atoms with Gasteiger partial charge in [0.15, 0.2) is 0 Å². The van der Waals surface area contributed by atoms with Crippen LogP contribution < -0.4 is 4.90 Å². The van der Waals surface area contributed by atoms with Crippen molar-refractivity contribution in [3.05, 3.63) is 100 Å². The molecule has 148 valence electrons. The molecular formula is C26H20ClNO2. The SMILES string of the molecule is CC12c3ccccc3C(C)(c3ccccc31)[C@H]1C(=O)N(c3cccc(Cl)c3)C(=O)[C@H]12. The Labute approximate surface area is 180 Å². The fourth-order valence-electron chi connectivity index (χ4n) is 6.44. The molecule has 0 N–H and O–H groups in total. The number of halogens is 1. The summed E-state index contributed by atoms with van der Waals surface area (Å²) in [6, 6.07) is 23.6. The molecule has 4 aliphatic rings. The van der Waals surface area contributed by atoms with E-state index in [1.54, 1.807) is 24.3 Å². The molecule has 30 heavy (non-hydrogen) atoms. The number of anilines is 1. The van der Waals surface area contributed by atoms with E-state index in [4.69, 9.17) is 11.6 Å². The highest BCUT2D eigenvalue weighted by Crippen LogP contribution is 2.66. The highest BCUT2D eigenvalue weighted by Gasteiger charge is 2.70. The van der Waals surface area contributed by atoms with Gasteiger partial charge in [-0.2, -0.15) is 0 Å². The van der Waals surface area contributed by atoms with E-state index >= 15 is 0 Å². The second-order valence-corrected chi connectivity index (χ2v) is 9.38. The van der Waals surface area contributed by atoms with E-state index in [-0.39, 0.29) is 11.8 Å². The van der Waals surface area contributed by atoms with Crippen molar-refractivity contribution in [3.63, 3.8) is 0 Å². The van der Waals surface area contributed by atoms with E-state index in [1.165, 1.54) is 4.90 Å². The summed E-state index contributed by atoms with van der Waals surface area (Å²) in [7, 11) is 0. The number of benzene rings is 3. The molecule has 0 aromatic heterocycles. The lowest BCUT2D eigenvalue weighted by Crippen LogP contribution is -2.59. The quantitative estimate of drug-likeness (QED) is 0.521. The van der Waals surface area contributed by atoms with Gasteiger partial charge in [0.25, 0.3) is 0 Å². The van der Waals surface area contributed by atoms with Crippen LogP contribution in [0.1, 0.15) is 36.1 Å². The molecule has 0 saturated carbocycles. The molecule has 2 atom stereocenters. The second kappa shape index (κ2) is 5.61. The lowest BCUT2D eigenvalue weighted by atomic mass is 9.42. The first-order valence-corrected chi connectivity index (χ1v) is 10.6. The van der Waals surface area contributed by atoms with Gasteiger partial charge < -0.3 is 0 Å². The number of rotatable bonds is 1. The topological polar surface area (TPSA) is 37.4 Å². The van der Waals surface area contributed by atoms with Crippen LogP contribution in [0.15, 0.2) is 72.8 Å². The molecule has 7 rings (SSSR count). The van der Waals surface area contributed by atoms with Crippen molar-refractivity contribution in [3.8, 4) is 0 Å². The minimum atomic E-state index is -0.560. The highest BCUT2D eigenvalue weighted by atomic mass is 35.5. The maximum atomic E-state index is 13.9. The van der Waals surface area contributed by atoms with E-state index < -0.39 is 22.7 Å². The van der Waals surface area contributed by atoms with Gasteiger partial charge >= 0.3 is 0 Å². The van der Waals surface area contributed by atoms with Crippen molar-refractivity contribution in [2.45, 2.75) is 24.7 Å². The minimum Gasteiger partial charge on any atom is -0.274 e. The van der Waals surface area contributed by atoms with Crippen LogP contribution in [0.25, 0.3) is 0 Å². The highest BCUT2D eigenvalue weighted by molar-refractivity contribution is 6.31. The Kier molecular flexibility index (Phi) is 3.35. The number of imide groups is 1. The van der Waals surface area contributed by atoms with Crippen molar-refractivity contribution in [2.75, 3.05) is 4.90 Å². The summed E-state index contributed by atoms with van der Waals surface area (Å²) in [6.45, 7) is 4.27. The molecule has 0 unspecified atom stereocenters. The summed E-state index contributed by atoms with van der Waals surface area (Å²) in [5.41, 5.74) is 4.04. The summed E-state index contributed by atoms with van der Waals surface area (Å²) < 4.78 is 0. The van der Waals surface area contributed by atoms with Crippen molar-refractivity contribution < 1.29 is 9.59 Å². The summed E-state index contributed by atoms with van der Waals surface area (Å²) in [4.78, 5) is 29.1. The fourth-order valence-corrected chi connectivity index (χ4v) is 6.62. The van der Waals surface area contributed by atoms with Crippen LogP contribution in [-0.4, -0.2) is 11.8 Å². The van der Waals surface area contributed by atoms with Crippen molar-refractivity contribution >= 4 is 29.1 Å². The van der Waals surface area contributed by atoms with Crippen LogP contribution in [0.2, 0.25) is 5.02 Å². The van der Waals surface area contributed by atoms with Gasteiger partial charge in [-0.3, -0.25) is 9.59 Å². The molecule has 2 amide bonds. The van der Waals surface area contributed by atoms with Gasteiger partial charge in [-0.15, -0.1) is 0 Å². The first-order chi connectivity index (χ1) is 14.4. The molecule has 1 aliphatic heterocycles. The van der Waals surface area contributed by atoms with Gasteiger partial charge in [0.2, 0.25) is 11.8 Å². The predicted octanol–water partition coefficient (Wildman–Crippen LogP) is 5.08. The van der Waals surface area contributed by atoms with E-state index in [2.05, 4.69) is 38.1 Å². The molecule has 1 heterocycles. The molecule has 3 nitrogen and oxygen atoms in total. The molecule has 1 saturated heterocycles. The number of carbonyl (C=O) groups excluding carboxylic acids is 2. The Morgan fingerprint density at radius 2 is 1.13 bits per heavy atom. The van der Waals surface area contributed by atoms with Crippen LogP contribution in [0.5, 0.6) is 0 Å². The van der Waals surface area contributed by atoms with Crippen LogP contribution in [0.3, 0.4) is 0 Å². The van der Waals surface area contributed by atoms with Crippen LogP contribution >= 0.6 is 11.6 Å². The number of nitrogens with zero attached hydrogens (tertiary/aromatic N) is 1. The van der Waals surface area contributed by atoms with Crippen molar-refractivity contribution in [2.24, 2.45) is 11.8 Å². The Hall–Kier alpha value is -2.91. The molecule has 0 radical (unpaired) electrons. The molecule has 4 heteroatoms. The van der Waals surface area contributed by atoms with Crippen LogP contribution in [-0.2, 0) is 20.4 Å². The van der Waals surface area contributed by atoms with Gasteiger partial charge in [-0.25, -0.2) is 4.90 Å². The lowest BCUT2D eigenvalue weighted by Gasteiger charge is -2.57. The standard InChI is InChI=1S/C26H20ClNO2/c1-25-17-10-3-5-12-19(17)26(2,20-13-6-4-11-18(20)25)22-21(25)23(29)28(24(22)30)16-9-7-8-15(27)14-16/h3-14,21-22H,1-2H3/t21-,22+,25?,26?. The zero-order valence-electron chi connectivity index (χ0n) is 16.7. The van der Waals surface area contributed by atoms with Gasteiger partial charge in [-0.1, -0.05) is 80.0 Å². The zero-order valence-corrected chi connectivity index (χ0v) is 17.5. The molecule has 1 fully saturated rings. The molecule has 3 aromatic carbocycles. The molecule has 0 spiro atoms. The van der Waals surface area contributed by atoms with Gasteiger partial charge in [0, 0.05) is 15.9 Å². The van der Waals surface area contributed by atoms with E-state index in [9.17, 15) is 9.59 Å². The van der Waals surface area contributed by atoms with E-state index in [1.807, 2.05) is 24.3 Å². The van der Waals surface area contributed by atoms with E-state index in [0.29, 0.717) is 10.7 Å². The third-order valence-corrected chi connectivity index (χ3v) is 7.94. The predicted molar refractivity (Wildman–Crippen MR) is 117 cm³/mol. The average Bonchev–Trinajstić information content (AvgIpc) is 3.03. The normalized spacial score (nSPS) is 30.8. The van der Waals surface area contributed by atoms with Gasteiger partial charge in [-0.05, 0) is 40.5 Å². The monoisotopic (exact) mass is 413 g/mol. The number of hydrogen-bond acceptors (Lipinski definition) is 2. The first-order valence-electron chi connectivity index (χ1n) is 10.2. The first kappa shape index (κ1) is 17.9.